The lowest BCUT2D eigenvalue weighted by molar-refractivity contribution is -0.124. The van der Waals surface area contributed by atoms with Crippen molar-refractivity contribution in [3.8, 4) is 0 Å². The number of carbonyl (C=O) groups is 2. The first-order valence-electron chi connectivity index (χ1n) is 4.10. The number of nitrogens with one attached hydrogen (secondary N) is 1. The molecule has 0 aromatic heterocycles. The minimum Gasteiger partial charge on any atom is -0.345 e. The lowest BCUT2D eigenvalue weighted by atomic mass is 10.2. The number of amides is 1. The number of hydrogen-bond donors (Lipinski definition) is 1. The topological polar surface area (TPSA) is 46.2 Å². The van der Waals surface area contributed by atoms with Crippen LogP contribution >= 0.6 is 22.6 Å². The van der Waals surface area contributed by atoms with Crippen molar-refractivity contribution >= 4 is 32.3 Å². The van der Waals surface area contributed by atoms with Crippen LogP contribution in [0, 0.1) is 0 Å². The second-order valence-corrected chi connectivity index (χ2v) is 3.63. The van der Waals surface area contributed by atoms with Crippen LogP contribution in [0.4, 0.5) is 0 Å². The van der Waals surface area contributed by atoms with E-state index >= 15 is 0 Å². The molecule has 1 atom stereocenters. The molecule has 0 saturated carbocycles. The van der Waals surface area contributed by atoms with Gasteiger partial charge < -0.3 is 5.32 Å². The van der Waals surface area contributed by atoms with Gasteiger partial charge in [-0.1, -0.05) is 20.3 Å². The summed E-state index contributed by atoms with van der Waals surface area (Å²) in [5, 5.41) is 2.67. The first-order valence-corrected chi connectivity index (χ1v) is 5.18. The Kier molecular flexibility index (Phi) is 6.32. The van der Waals surface area contributed by atoms with Crippen LogP contribution < -0.4 is 5.32 Å². The molecule has 0 rings (SSSR count). The summed E-state index contributed by atoms with van der Waals surface area (Å²) in [5.74, 6) is -0.0570. The van der Waals surface area contributed by atoms with Gasteiger partial charge in [0.05, 0.1) is 6.04 Å². The third kappa shape index (κ3) is 4.69. The van der Waals surface area contributed by atoms with Gasteiger partial charge in [0.1, 0.15) is 0 Å². The Hall–Kier alpha value is -0.130. The van der Waals surface area contributed by atoms with Crippen molar-refractivity contribution in [1.82, 2.24) is 5.32 Å². The molecule has 0 spiro atoms. The molecular weight excluding hydrogens is 269 g/mol. The van der Waals surface area contributed by atoms with Crippen molar-refractivity contribution in [1.29, 1.82) is 0 Å². The maximum absolute atomic E-state index is 11.0. The average molecular weight is 283 g/mol. The highest BCUT2D eigenvalue weighted by Crippen LogP contribution is 2.03. The average Bonchev–Trinajstić information content (AvgIpc) is 2.03. The molecule has 0 radical (unpaired) electrons. The van der Waals surface area contributed by atoms with E-state index in [2.05, 4.69) is 5.32 Å². The Morgan fingerprint density at radius 1 is 1.42 bits per heavy atom. The van der Waals surface area contributed by atoms with Crippen LogP contribution in [0.5, 0.6) is 0 Å². The normalized spacial score (nSPS) is 12.2. The molecule has 1 amide bonds. The third-order valence-corrected chi connectivity index (χ3v) is 2.26. The van der Waals surface area contributed by atoms with E-state index < -0.39 is 0 Å². The van der Waals surface area contributed by atoms with Crippen LogP contribution in [-0.2, 0) is 9.59 Å². The Bertz CT molecular complexity index is 168. The van der Waals surface area contributed by atoms with E-state index in [-0.39, 0.29) is 15.7 Å². The summed E-state index contributed by atoms with van der Waals surface area (Å²) in [6.07, 6.45) is 2.07. The fourth-order valence-electron chi connectivity index (χ4n) is 0.827. The summed E-state index contributed by atoms with van der Waals surface area (Å²) >= 11 is 1.72. The van der Waals surface area contributed by atoms with Crippen molar-refractivity contribution in [3.63, 3.8) is 0 Å². The zero-order valence-corrected chi connectivity index (χ0v) is 9.55. The van der Waals surface area contributed by atoms with Gasteiger partial charge in [-0.05, 0) is 6.42 Å². The van der Waals surface area contributed by atoms with Gasteiger partial charge in [-0.15, -0.1) is 0 Å². The smallest absolute Gasteiger partial charge is 0.220 e. The maximum Gasteiger partial charge on any atom is 0.220 e. The Morgan fingerprint density at radius 2 is 2.00 bits per heavy atom. The fraction of sp³-hybridized carbons (Fsp3) is 0.750. The second kappa shape index (κ2) is 6.39. The van der Waals surface area contributed by atoms with Gasteiger partial charge >= 0.3 is 0 Å². The summed E-state index contributed by atoms with van der Waals surface area (Å²) in [6.45, 7) is 3.76. The molecule has 0 saturated heterocycles. The van der Waals surface area contributed by atoms with Gasteiger partial charge in [0, 0.05) is 29.0 Å². The molecule has 0 aromatic carbocycles. The summed E-state index contributed by atoms with van der Waals surface area (Å²) in [7, 11) is 0. The molecule has 3 nitrogen and oxygen atoms in total. The van der Waals surface area contributed by atoms with Gasteiger partial charge in [0.2, 0.25) is 9.70 Å². The minimum absolute atomic E-state index is 0.0104. The van der Waals surface area contributed by atoms with Gasteiger partial charge in [0.25, 0.3) is 0 Å². The predicted molar refractivity (Wildman–Crippen MR) is 56.2 cm³/mol. The van der Waals surface area contributed by atoms with Gasteiger partial charge in [-0.2, -0.15) is 0 Å². The van der Waals surface area contributed by atoms with Crippen LogP contribution in [0.15, 0.2) is 0 Å². The minimum atomic E-state index is -0.289. The van der Waals surface area contributed by atoms with Gasteiger partial charge in [0.15, 0.2) is 0 Å². The molecule has 4 heteroatoms. The molecule has 1 unspecified atom stereocenters. The predicted octanol–water partition coefficient (Wildman–Crippen LogP) is 1.64. The molecular formula is C8H14INO2. The lowest BCUT2D eigenvalue weighted by Crippen LogP contribution is -2.38. The molecule has 12 heavy (non-hydrogen) atoms. The van der Waals surface area contributed by atoms with E-state index in [1.165, 1.54) is 0 Å². The van der Waals surface area contributed by atoms with Crippen molar-refractivity contribution < 1.29 is 9.59 Å². The van der Waals surface area contributed by atoms with Crippen LogP contribution in [0.3, 0.4) is 0 Å². The van der Waals surface area contributed by atoms with E-state index in [0.717, 1.165) is 12.8 Å². The van der Waals surface area contributed by atoms with E-state index in [4.69, 9.17) is 0 Å². The highest BCUT2D eigenvalue weighted by molar-refractivity contribution is 14.1. The molecule has 0 aliphatic heterocycles. The van der Waals surface area contributed by atoms with Crippen molar-refractivity contribution in [2.45, 2.75) is 39.2 Å². The summed E-state index contributed by atoms with van der Waals surface area (Å²) in [4.78, 5) is 21.9. The number of hydrogen-bond acceptors (Lipinski definition) is 2. The Morgan fingerprint density at radius 3 is 2.33 bits per heavy atom. The molecule has 0 aliphatic rings. The first-order chi connectivity index (χ1) is 5.61. The quantitative estimate of drug-likeness (QED) is 0.616. The zero-order valence-electron chi connectivity index (χ0n) is 7.39. The summed E-state index contributed by atoms with van der Waals surface area (Å²) < 4.78 is 0.0104. The third-order valence-electron chi connectivity index (χ3n) is 1.51. The van der Waals surface area contributed by atoms with Gasteiger partial charge in [-0.25, -0.2) is 0 Å². The first kappa shape index (κ1) is 11.9. The van der Waals surface area contributed by atoms with Crippen LogP contribution in [0.25, 0.3) is 0 Å². The molecule has 1 N–H and O–H groups in total. The van der Waals surface area contributed by atoms with Crippen LogP contribution in [0.1, 0.15) is 33.1 Å². The molecule has 0 heterocycles. The van der Waals surface area contributed by atoms with Crippen LogP contribution in [0.2, 0.25) is 0 Å². The highest BCUT2D eigenvalue weighted by Gasteiger charge is 2.15. The lowest BCUT2D eigenvalue weighted by Gasteiger charge is -2.12. The summed E-state index contributed by atoms with van der Waals surface area (Å²) in [5.41, 5.74) is 0. The molecule has 0 bridgehead atoms. The summed E-state index contributed by atoms with van der Waals surface area (Å²) in [6, 6.07) is -0.289. The fourth-order valence-corrected chi connectivity index (χ4v) is 1.29. The van der Waals surface area contributed by atoms with Crippen LogP contribution in [-0.4, -0.2) is 15.7 Å². The zero-order chi connectivity index (χ0) is 9.56. The number of halogens is 1. The maximum atomic E-state index is 11.0. The largest absolute Gasteiger partial charge is 0.345 e. The molecule has 0 aromatic rings. The SMILES string of the molecule is CCCC(NC(=O)CC)C(=O)I. The van der Waals surface area contributed by atoms with E-state index in [0.29, 0.717) is 6.42 Å². The van der Waals surface area contributed by atoms with Crippen molar-refractivity contribution in [2.24, 2.45) is 0 Å². The Labute approximate surface area is 86.4 Å². The highest BCUT2D eigenvalue weighted by atomic mass is 127. The monoisotopic (exact) mass is 283 g/mol. The molecule has 0 aliphatic carbocycles. The second-order valence-electron chi connectivity index (χ2n) is 2.57. The molecule has 0 fully saturated rings. The van der Waals surface area contributed by atoms with E-state index in [1.807, 2.05) is 6.92 Å². The number of rotatable bonds is 5. The standard InChI is InChI=1S/C8H14INO2/c1-3-5-6(8(9)12)10-7(11)4-2/h6H,3-5H2,1-2H3,(H,10,11). The van der Waals surface area contributed by atoms with Crippen molar-refractivity contribution in [3.05, 3.63) is 0 Å². The Balaban J connectivity index is 3.95. The van der Waals surface area contributed by atoms with E-state index in [1.54, 1.807) is 29.5 Å². The molecule has 70 valence electrons. The van der Waals surface area contributed by atoms with Crippen molar-refractivity contribution in [2.75, 3.05) is 0 Å². The number of carbonyl (C=O) groups excluding carboxylic acids is 2. The van der Waals surface area contributed by atoms with E-state index in [9.17, 15) is 9.59 Å². The van der Waals surface area contributed by atoms with Gasteiger partial charge in [-0.3, -0.25) is 9.59 Å².